The molecule has 1 aromatic carbocycles. The highest BCUT2D eigenvalue weighted by Crippen LogP contribution is 2.33. The van der Waals surface area contributed by atoms with Gasteiger partial charge in [0, 0.05) is 0 Å². The van der Waals surface area contributed by atoms with Crippen molar-refractivity contribution in [2.75, 3.05) is 12.4 Å². The minimum Gasteiger partial charge on any atom is -0.491 e. The molecule has 0 atom stereocenters. The van der Waals surface area contributed by atoms with Crippen molar-refractivity contribution in [3.63, 3.8) is 0 Å². The topological polar surface area (TPSA) is 71.5 Å². The molecule has 0 radical (unpaired) electrons. The Balaban J connectivity index is 2.43. The van der Waals surface area contributed by atoms with Gasteiger partial charge in [-0.2, -0.15) is 0 Å². The highest BCUT2D eigenvalue weighted by atomic mass is 32.1. The van der Waals surface area contributed by atoms with Crippen molar-refractivity contribution in [2.24, 2.45) is 0 Å². The zero-order valence-corrected chi connectivity index (χ0v) is 11.3. The number of benzene rings is 1. The van der Waals surface area contributed by atoms with E-state index in [4.69, 9.17) is 5.11 Å². The largest absolute Gasteiger partial charge is 0.491 e. The Morgan fingerprint density at radius 3 is 2.75 bits per heavy atom. The lowest BCUT2D eigenvalue weighted by atomic mass is 10.2. The van der Waals surface area contributed by atoms with E-state index >= 15 is 0 Å². The third-order valence-corrected chi connectivity index (χ3v) is 3.32. The van der Waals surface area contributed by atoms with E-state index in [0.29, 0.717) is 5.01 Å². The van der Waals surface area contributed by atoms with Gasteiger partial charge in [-0.25, -0.2) is 18.6 Å². The molecule has 1 aromatic heterocycles. The number of rotatable bonds is 4. The van der Waals surface area contributed by atoms with Crippen molar-refractivity contribution in [2.45, 2.75) is 6.92 Å². The first kappa shape index (κ1) is 14.2. The zero-order valence-electron chi connectivity index (χ0n) is 10.5. The number of carboxylic acids is 1. The van der Waals surface area contributed by atoms with Gasteiger partial charge in [-0.1, -0.05) is 0 Å². The van der Waals surface area contributed by atoms with Gasteiger partial charge in [-0.05, 0) is 19.1 Å². The molecule has 0 spiro atoms. The number of anilines is 2. The number of hydrogen-bond donors (Lipinski definition) is 2. The van der Waals surface area contributed by atoms with E-state index in [0.717, 1.165) is 30.6 Å². The van der Waals surface area contributed by atoms with Gasteiger partial charge in [-0.3, -0.25) is 0 Å². The van der Waals surface area contributed by atoms with Crippen LogP contribution in [0.3, 0.4) is 0 Å². The fraction of sp³-hybridized carbons (Fsp3) is 0.167. The van der Waals surface area contributed by atoms with Crippen molar-refractivity contribution in [1.29, 1.82) is 0 Å². The van der Waals surface area contributed by atoms with Crippen molar-refractivity contribution in [3.05, 3.63) is 34.5 Å². The number of carboxylic acid groups (broad SMARTS) is 1. The van der Waals surface area contributed by atoms with Crippen LogP contribution in [0, 0.1) is 18.6 Å². The van der Waals surface area contributed by atoms with Crippen molar-refractivity contribution < 1.29 is 23.4 Å². The van der Waals surface area contributed by atoms with Crippen molar-refractivity contribution >= 4 is 28.0 Å². The summed E-state index contributed by atoms with van der Waals surface area (Å²) < 4.78 is 31.9. The summed E-state index contributed by atoms with van der Waals surface area (Å²) in [6.45, 7) is 1.63. The van der Waals surface area contributed by atoms with Crippen LogP contribution in [0.4, 0.5) is 19.5 Å². The van der Waals surface area contributed by atoms with Gasteiger partial charge in [0.15, 0.2) is 23.1 Å². The van der Waals surface area contributed by atoms with Gasteiger partial charge in [0.1, 0.15) is 5.00 Å². The molecule has 1 heterocycles. The normalized spacial score (nSPS) is 10.4. The number of thiazole rings is 1. The second-order valence-corrected chi connectivity index (χ2v) is 4.99. The molecule has 0 aliphatic heterocycles. The van der Waals surface area contributed by atoms with E-state index in [1.807, 2.05) is 0 Å². The second kappa shape index (κ2) is 5.41. The number of aromatic nitrogens is 1. The van der Waals surface area contributed by atoms with Crippen LogP contribution in [0.5, 0.6) is 5.75 Å². The number of nitrogens with zero attached hydrogens (tertiary/aromatic N) is 1. The Bertz CT molecular complexity index is 673. The molecule has 5 nitrogen and oxygen atoms in total. The number of ether oxygens (including phenoxy) is 1. The minimum absolute atomic E-state index is 0.0885. The number of aromatic carboxylic acids is 1. The van der Waals surface area contributed by atoms with E-state index in [9.17, 15) is 13.6 Å². The fourth-order valence-electron chi connectivity index (χ4n) is 1.60. The number of nitrogens with one attached hydrogen (secondary N) is 1. The molecule has 20 heavy (non-hydrogen) atoms. The lowest BCUT2D eigenvalue weighted by Crippen LogP contribution is -2.03. The predicted octanol–water partition coefficient (Wildman–Crippen LogP) is 3.18. The Morgan fingerprint density at radius 2 is 2.15 bits per heavy atom. The van der Waals surface area contributed by atoms with Crippen LogP contribution in [0.1, 0.15) is 15.5 Å². The van der Waals surface area contributed by atoms with E-state index in [1.165, 1.54) is 0 Å². The molecule has 2 aromatic rings. The molecule has 2 rings (SSSR count). The predicted molar refractivity (Wildman–Crippen MR) is 70.0 cm³/mol. The van der Waals surface area contributed by atoms with Gasteiger partial charge in [0.2, 0.25) is 0 Å². The summed E-state index contributed by atoms with van der Waals surface area (Å²) in [5.74, 6) is -3.54. The van der Waals surface area contributed by atoms with Crippen LogP contribution in [-0.4, -0.2) is 23.2 Å². The molecule has 0 saturated carbocycles. The Morgan fingerprint density at radius 1 is 1.45 bits per heavy atom. The third kappa shape index (κ3) is 2.55. The average Bonchev–Trinajstić information content (AvgIpc) is 2.75. The maximum atomic E-state index is 14.0. The smallest absolute Gasteiger partial charge is 0.357 e. The van der Waals surface area contributed by atoms with Crippen LogP contribution in [0.25, 0.3) is 0 Å². The van der Waals surface area contributed by atoms with Gasteiger partial charge in [0.25, 0.3) is 0 Å². The lowest BCUT2D eigenvalue weighted by Gasteiger charge is -2.09. The first-order chi connectivity index (χ1) is 9.43. The SMILES string of the molecule is COc1c(F)ccc(Nc2sc(C)nc2C(=O)O)c1F. The van der Waals surface area contributed by atoms with Crippen molar-refractivity contribution in [3.8, 4) is 5.75 Å². The van der Waals surface area contributed by atoms with Crippen molar-refractivity contribution in [1.82, 2.24) is 4.98 Å². The number of methoxy groups -OCH3 is 1. The fourth-order valence-corrected chi connectivity index (χ4v) is 2.42. The number of hydrogen-bond acceptors (Lipinski definition) is 5. The summed E-state index contributed by atoms with van der Waals surface area (Å²) in [6.07, 6.45) is 0. The molecule has 0 bridgehead atoms. The molecular weight excluding hydrogens is 290 g/mol. The van der Waals surface area contributed by atoms with Crippen LogP contribution in [0.15, 0.2) is 12.1 Å². The van der Waals surface area contributed by atoms with E-state index < -0.39 is 23.4 Å². The maximum Gasteiger partial charge on any atom is 0.357 e. The Kier molecular flexibility index (Phi) is 3.84. The minimum atomic E-state index is -1.23. The third-order valence-electron chi connectivity index (χ3n) is 2.44. The molecule has 8 heteroatoms. The molecule has 106 valence electrons. The molecule has 0 saturated heterocycles. The molecule has 2 N–H and O–H groups in total. The zero-order chi connectivity index (χ0) is 14.9. The lowest BCUT2D eigenvalue weighted by molar-refractivity contribution is 0.0692. The van der Waals surface area contributed by atoms with E-state index in [1.54, 1.807) is 6.92 Å². The maximum absolute atomic E-state index is 14.0. The van der Waals surface area contributed by atoms with Crippen LogP contribution in [-0.2, 0) is 0 Å². The molecule has 0 amide bonds. The standard InChI is InChI=1S/C12H10F2N2O3S/c1-5-15-9(12(17)18)11(20-5)16-7-4-3-6(13)10(19-2)8(7)14/h3-4,16H,1-2H3,(H,17,18). The molecule has 0 aliphatic carbocycles. The Labute approximate surface area is 116 Å². The van der Waals surface area contributed by atoms with E-state index in [-0.39, 0.29) is 16.4 Å². The van der Waals surface area contributed by atoms with Gasteiger partial charge in [-0.15, -0.1) is 11.3 Å². The van der Waals surface area contributed by atoms with Crippen LogP contribution in [0.2, 0.25) is 0 Å². The molecule has 0 fully saturated rings. The highest BCUT2D eigenvalue weighted by molar-refractivity contribution is 7.16. The van der Waals surface area contributed by atoms with Crippen LogP contribution < -0.4 is 10.1 Å². The summed E-state index contributed by atoms with van der Waals surface area (Å²) in [4.78, 5) is 14.8. The summed E-state index contributed by atoms with van der Waals surface area (Å²) in [6, 6.07) is 2.19. The van der Waals surface area contributed by atoms with Gasteiger partial charge in [0.05, 0.1) is 17.8 Å². The molecule has 0 unspecified atom stereocenters. The summed E-state index contributed by atoms with van der Waals surface area (Å²) in [7, 11) is 1.14. The summed E-state index contributed by atoms with van der Waals surface area (Å²) >= 11 is 1.06. The van der Waals surface area contributed by atoms with Gasteiger partial charge < -0.3 is 15.2 Å². The highest BCUT2D eigenvalue weighted by Gasteiger charge is 2.19. The van der Waals surface area contributed by atoms with Gasteiger partial charge >= 0.3 is 5.97 Å². The monoisotopic (exact) mass is 300 g/mol. The molecular formula is C12H10F2N2O3S. The Hall–Kier alpha value is -2.22. The number of aryl methyl sites for hydroxylation is 1. The average molecular weight is 300 g/mol. The first-order valence-electron chi connectivity index (χ1n) is 5.43. The summed E-state index contributed by atoms with van der Waals surface area (Å²) in [5.41, 5.74) is -0.301. The van der Waals surface area contributed by atoms with E-state index in [2.05, 4.69) is 15.0 Å². The summed E-state index contributed by atoms with van der Waals surface area (Å²) in [5, 5.41) is 12.3. The van der Waals surface area contributed by atoms with Crippen LogP contribution >= 0.6 is 11.3 Å². The molecule has 0 aliphatic rings. The quantitative estimate of drug-likeness (QED) is 0.907. The second-order valence-electron chi connectivity index (χ2n) is 3.78. The first-order valence-corrected chi connectivity index (χ1v) is 6.25. The number of carbonyl (C=O) groups is 1. The number of halogens is 2.